The van der Waals surface area contributed by atoms with Gasteiger partial charge in [-0.05, 0) is 49.6 Å². The van der Waals surface area contributed by atoms with Crippen molar-refractivity contribution in [1.29, 1.82) is 0 Å². The number of nitrogens with zero attached hydrogens (tertiary/aromatic N) is 2. The first-order chi connectivity index (χ1) is 15.1. The van der Waals surface area contributed by atoms with Gasteiger partial charge in [0.25, 0.3) is 10.0 Å². The SMILES string of the molecule is C[C@H](NC(=O)[C@H]1CCCN(C2=NS(=O)(=O)c3ccccc32)C1)c1ccc(S(C)(=O)=O)cc1. The fraction of sp³-hybridized carbons (Fsp3) is 0.364. The van der Waals surface area contributed by atoms with Crippen LogP contribution >= 0.6 is 0 Å². The fourth-order valence-corrected chi connectivity index (χ4v) is 5.98. The lowest BCUT2D eigenvalue weighted by Crippen LogP contribution is -2.45. The van der Waals surface area contributed by atoms with Crippen LogP contribution in [-0.4, -0.2) is 52.8 Å². The Morgan fingerprint density at radius 1 is 1.16 bits per heavy atom. The van der Waals surface area contributed by atoms with Crippen molar-refractivity contribution in [2.75, 3.05) is 19.3 Å². The summed E-state index contributed by atoms with van der Waals surface area (Å²) in [5.41, 5.74) is 1.38. The molecule has 2 atom stereocenters. The van der Waals surface area contributed by atoms with Crippen LogP contribution in [0.3, 0.4) is 0 Å². The van der Waals surface area contributed by atoms with E-state index in [4.69, 9.17) is 0 Å². The van der Waals surface area contributed by atoms with Gasteiger partial charge in [0.15, 0.2) is 15.7 Å². The van der Waals surface area contributed by atoms with E-state index in [0.29, 0.717) is 30.9 Å². The van der Waals surface area contributed by atoms with Crippen molar-refractivity contribution in [3.05, 3.63) is 59.7 Å². The van der Waals surface area contributed by atoms with Crippen LogP contribution in [0.2, 0.25) is 0 Å². The number of fused-ring (bicyclic) bond motifs is 1. The molecular formula is C22H25N3O5S2. The highest BCUT2D eigenvalue weighted by Crippen LogP contribution is 2.30. The third-order valence-electron chi connectivity index (χ3n) is 5.87. The van der Waals surface area contributed by atoms with Gasteiger partial charge in [0.2, 0.25) is 5.91 Å². The van der Waals surface area contributed by atoms with Gasteiger partial charge in [-0.3, -0.25) is 4.79 Å². The molecule has 1 N–H and O–H groups in total. The van der Waals surface area contributed by atoms with Gasteiger partial charge in [0, 0.05) is 24.9 Å². The molecule has 0 radical (unpaired) electrons. The molecule has 4 rings (SSSR count). The topological polar surface area (TPSA) is 113 Å². The number of rotatable bonds is 4. The molecule has 170 valence electrons. The highest BCUT2D eigenvalue weighted by atomic mass is 32.2. The lowest BCUT2D eigenvalue weighted by atomic mass is 9.95. The molecule has 32 heavy (non-hydrogen) atoms. The number of hydrogen-bond acceptors (Lipinski definition) is 6. The van der Waals surface area contributed by atoms with Gasteiger partial charge in [0.1, 0.15) is 4.90 Å². The van der Waals surface area contributed by atoms with E-state index in [2.05, 4.69) is 9.71 Å². The number of amides is 1. The summed E-state index contributed by atoms with van der Waals surface area (Å²) < 4.78 is 52.0. The zero-order valence-corrected chi connectivity index (χ0v) is 19.5. The second kappa shape index (κ2) is 8.32. The first-order valence-corrected chi connectivity index (χ1v) is 13.7. The molecule has 1 fully saturated rings. The van der Waals surface area contributed by atoms with Gasteiger partial charge >= 0.3 is 0 Å². The van der Waals surface area contributed by atoms with Crippen LogP contribution in [0.1, 0.15) is 36.9 Å². The van der Waals surface area contributed by atoms with Crippen molar-refractivity contribution in [2.45, 2.75) is 35.6 Å². The quantitative estimate of drug-likeness (QED) is 0.725. The van der Waals surface area contributed by atoms with Crippen molar-refractivity contribution in [3.8, 4) is 0 Å². The van der Waals surface area contributed by atoms with Crippen LogP contribution in [0.5, 0.6) is 0 Å². The van der Waals surface area contributed by atoms with Gasteiger partial charge in [-0.25, -0.2) is 8.42 Å². The van der Waals surface area contributed by atoms with Crippen molar-refractivity contribution >= 4 is 31.6 Å². The predicted molar refractivity (Wildman–Crippen MR) is 121 cm³/mol. The summed E-state index contributed by atoms with van der Waals surface area (Å²) in [6, 6.07) is 12.9. The highest BCUT2D eigenvalue weighted by molar-refractivity contribution is 7.91. The van der Waals surface area contributed by atoms with E-state index in [9.17, 15) is 21.6 Å². The number of carbonyl (C=O) groups is 1. The number of amidine groups is 1. The Morgan fingerprint density at radius 3 is 2.53 bits per heavy atom. The first kappa shape index (κ1) is 22.5. The van der Waals surface area contributed by atoms with E-state index < -0.39 is 19.9 Å². The van der Waals surface area contributed by atoms with Gasteiger partial charge in [-0.1, -0.05) is 24.3 Å². The van der Waals surface area contributed by atoms with E-state index in [1.54, 1.807) is 36.4 Å². The van der Waals surface area contributed by atoms with Crippen molar-refractivity contribution in [3.63, 3.8) is 0 Å². The maximum atomic E-state index is 12.9. The van der Waals surface area contributed by atoms with Crippen LogP contribution in [0.4, 0.5) is 0 Å². The molecule has 2 aromatic carbocycles. The van der Waals surface area contributed by atoms with Crippen LogP contribution < -0.4 is 5.32 Å². The minimum atomic E-state index is -3.71. The van der Waals surface area contributed by atoms with Crippen LogP contribution in [0, 0.1) is 5.92 Å². The smallest absolute Gasteiger partial charge is 0.285 e. The summed E-state index contributed by atoms with van der Waals surface area (Å²) in [6.45, 7) is 2.86. The average Bonchev–Trinajstić information content (AvgIpc) is 3.04. The number of piperidine rings is 1. The number of nitrogens with one attached hydrogen (secondary N) is 1. The first-order valence-electron chi connectivity index (χ1n) is 10.4. The fourth-order valence-electron chi connectivity index (χ4n) is 4.12. The average molecular weight is 476 g/mol. The summed E-state index contributed by atoms with van der Waals surface area (Å²) in [5, 5.41) is 3.00. The normalized spacial score (nSPS) is 20.9. The Bertz CT molecular complexity index is 1290. The second-order valence-corrected chi connectivity index (χ2v) is 11.8. The van der Waals surface area contributed by atoms with Crippen LogP contribution in [0.25, 0.3) is 0 Å². The highest BCUT2D eigenvalue weighted by Gasteiger charge is 2.35. The van der Waals surface area contributed by atoms with Crippen molar-refractivity contribution in [1.82, 2.24) is 10.2 Å². The van der Waals surface area contributed by atoms with Gasteiger partial charge < -0.3 is 10.2 Å². The lowest BCUT2D eigenvalue weighted by Gasteiger charge is -2.34. The number of carbonyl (C=O) groups excluding carboxylic acids is 1. The molecule has 2 heterocycles. The Balaban J connectivity index is 1.45. The number of sulfone groups is 1. The molecule has 2 aromatic rings. The molecule has 10 heteroatoms. The zero-order chi connectivity index (χ0) is 23.1. The maximum Gasteiger partial charge on any atom is 0.285 e. The molecule has 1 amide bonds. The van der Waals surface area contributed by atoms with Crippen LogP contribution in [-0.2, 0) is 24.7 Å². The van der Waals surface area contributed by atoms with E-state index >= 15 is 0 Å². The summed E-state index contributed by atoms with van der Waals surface area (Å²) in [5.74, 6) is -0.0219. The van der Waals surface area contributed by atoms with Crippen molar-refractivity contribution < 1.29 is 21.6 Å². The van der Waals surface area contributed by atoms with Gasteiger partial charge in [0.05, 0.1) is 16.9 Å². The maximum absolute atomic E-state index is 12.9. The molecule has 0 spiro atoms. The number of likely N-dealkylation sites (tertiary alicyclic amines) is 1. The summed E-state index contributed by atoms with van der Waals surface area (Å²) in [7, 11) is -6.98. The molecule has 1 saturated heterocycles. The standard InChI is InChI=1S/C22H25N3O5S2/c1-15(16-9-11-18(12-10-16)31(2,27)28)23-22(26)17-6-5-13-25(14-17)21-19-7-3-4-8-20(19)32(29,30)24-21/h3-4,7-12,15,17H,5-6,13-14H2,1-2H3,(H,23,26)/t15-,17-/m0/s1. The molecular weight excluding hydrogens is 450 g/mol. The molecule has 2 aliphatic heterocycles. The minimum Gasteiger partial charge on any atom is -0.355 e. The molecule has 0 bridgehead atoms. The van der Waals surface area contributed by atoms with E-state index in [-0.39, 0.29) is 27.7 Å². The third-order valence-corrected chi connectivity index (χ3v) is 8.32. The Labute approximate surface area is 188 Å². The summed E-state index contributed by atoms with van der Waals surface area (Å²) >= 11 is 0. The third kappa shape index (κ3) is 4.42. The van der Waals surface area contributed by atoms with E-state index in [1.165, 1.54) is 12.1 Å². The van der Waals surface area contributed by atoms with Gasteiger partial charge in [-0.2, -0.15) is 8.42 Å². The number of sulfonamides is 1. The number of hydrogen-bond donors (Lipinski definition) is 1. The Kier molecular flexibility index (Phi) is 5.85. The molecule has 0 aromatic heterocycles. The number of benzene rings is 2. The van der Waals surface area contributed by atoms with E-state index in [1.807, 2.05) is 11.8 Å². The summed E-state index contributed by atoms with van der Waals surface area (Å²) in [4.78, 5) is 15.3. The predicted octanol–water partition coefficient (Wildman–Crippen LogP) is 2.13. The molecule has 0 unspecified atom stereocenters. The Morgan fingerprint density at radius 2 is 1.84 bits per heavy atom. The van der Waals surface area contributed by atoms with Crippen LogP contribution in [0.15, 0.2) is 62.7 Å². The largest absolute Gasteiger partial charge is 0.355 e. The van der Waals surface area contributed by atoms with Crippen molar-refractivity contribution in [2.24, 2.45) is 10.3 Å². The molecule has 2 aliphatic rings. The summed E-state index contributed by atoms with van der Waals surface area (Å²) in [6.07, 6.45) is 2.60. The molecule has 8 nitrogen and oxygen atoms in total. The lowest BCUT2D eigenvalue weighted by molar-refractivity contribution is -0.126. The van der Waals surface area contributed by atoms with E-state index in [0.717, 1.165) is 18.2 Å². The molecule has 0 aliphatic carbocycles. The minimum absolute atomic E-state index is 0.121. The Hall–Kier alpha value is -2.72. The monoisotopic (exact) mass is 475 g/mol. The second-order valence-electron chi connectivity index (χ2n) is 8.24. The van der Waals surface area contributed by atoms with Gasteiger partial charge in [-0.15, -0.1) is 4.40 Å². The molecule has 0 saturated carbocycles. The zero-order valence-electron chi connectivity index (χ0n) is 17.9.